The highest BCUT2D eigenvalue weighted by Gasteiger charge is 2.35. The number of benzene rings is 2. The van der Waals surface area contributed by atoms with Gasteiger partial charge in [-0.25, -0.2) is 0 Å². The SMILES string of the molecule is COc1ccc(OC)c(NC(=O)c2cc3cc(C4(O)CCN(CC5CC=CCC5)CC4)ccc3o2)c1. The number of ether oxygens (including phenoxy) is 2. The van der Waals surface area contributed by atoms with Crippen LogP contribution in [0.1, 0.15) is 48.2 Å². The summed E-state index contributed by atoms with van der Waals surface area (Å²) in [6.45, 7) is 2.88. The van der Waals surface area contributed by atoms with Gasteiger partial charge in [-0.2, -0.15) is 0 Å². The van der Waals surface area contributed by atoms with Gasteiger partial charge in [-0.05, 0) is 73.9 Å². The van der Waals surface area contributed by atoms with Gasteiger partial charge < -0.3 is 29.2 Å². The molecule has 1 amide bonds. The minimum Gasteiger partial charge on any atom is -0.497 e. The van der Waals surface area contributed by atoms with Crippen LogP contribution in [0, 0.1) is 5.92 Å². The third-order valence-corrected chi connectivity index (χ3v) is 7.51. The maximum Gasteiger partial charge on any atom is 0.291 e. The average Bonchev–Trinajstić information content (AvgIpc) is 3.34. The van der Waals surface area contributed by atoms with E-state index >= 15 is 0 Å². The van der Waals surface area contributed by atoms with Crippen molar-refractivity contribution >= 4 is 22.6 Å². The molecule has 1 aliphatic heterocycles. The molecule has 0 bridgehead atoms. The van der Waals surface area contributed by atoms with Gasteiger partial charge in [0.2, 0.25) is 0 Å². The lowest BCUT2D eigenvalue weighted by molar-refractivity contribution is -0.0289. The van der Waals surface area contributed by atoms with Crippen molar-refractivity contribution < 1.29 is 23.8 Å². The number of methoxy groups -OCH3 is 2. The van der Waals surface area contributed by atoms with Gasteiger partial charge >= 0.3 is 0 Å². The molecule has 36 heavy (non-hydrogen) atoms. The Morgan fingerprint density at radius 2 is 1.94 bits per heavy atom. The van der Waals surface area contributed by atoms with Gasteiger partial charge in [0, 0.05) is 31.1 Å². The van der Waals surface area contributed by atoms with Crippen molar-refractivity contribution in [1.82, 2.24) is 4.90 Å². The van der Waals surface area contributed by atoms with Crippen molar-refractivity contribution in [3.05, 3.63) is 65.9 Å². The topological polar surface area (TPSA) is 84.2 Å². The van der Waals surface area contributed by atoms with E-state index in [0.29, 0.717) is 35.6 Å². The molecule has 0 spiro atoms. The lowest BCUT2D eigenvalue weighted by Crippen LogP contribution is -2.44. The number of nitrogens with one attached hydrogen (secondary N) is 1. The molecule has 2 aromatic carbocycles. The largest absolute Gasteiger partial charge is 0.497 e. The summed E-state index contributed by atoms with van der Waals surface area (Å²) in [6, 6.07) is 12.6. The molecule has 0 radical (unpaired) electrons. The van der Waals surface area contributed by atoms with E-state index in [1.165, 1.54) is 19.3 Å². The zero-order chi connectivity index (χ0) is 25.1. The number of aliphatic hydroxyl groups is 1. The van der Waals surface area contributed by atoms with Crippen LogP contribution in [0.15, 0.2) is 59.0 Å². The number of likely N-dealkylation sites (tertiary alicyclic amines) is 1. The first-order chi connectivity index (χ1) is 17.5. The molecular formula is C29H34N2O5. The quantitative estimate of drug-likeness (QED) is 0.435. The number of nitrogens with zero attached hydrogens (tertiary/aromatic N) is 1. The van der Waals surface area contributed by atoms with Crippen LogP contribution in [-0.4, -0.2) is 49.8 Å². The van der Waals surface area contributed by atoms with Crippen molar-refractivity contribution in [3.63, 3.8) is 0 Å². The first-order valence-corrected chi connectivity index (χ1v) is 12.6. The van der Waals surface area contributed by atoms with Gasteiger partial charge in [0.25, 0.3) is 5.91 Å². The summed E-state index contributed by atoms with van der Waals surface area (Å²) >= 11 is 0. The van der Waals surface area contributed by atoms with E-state index in [0.717, 1.165) is 36.5 Å². The Morgan fingerprint density at radius 1 is 1.11 bits per heavy atom. The molecule has 1 atom stereocenters. The molecule has 7 heteroatoms. The maximum atomic E-state index is 12.9. The highest BCUT2D eigenvalue weighted by atomic mass is 16.5. The second kappa shape index (κ2) is 10.4. The van der Waals surface area contributed by atoms with E-state index < -0.39 is 5.60 Å². The summed E-state index contributed by atoms with van der Waals surface area (Å²) < 4.78 is 16.4. The predicted octanol–water partition coefficient (Wildman–Crippen LogP) is 5.34. The Morgan fingerprint density at radius 3 is 2.67 bits per heavy atom. The molecule has 2 N–H and O–H groups in total. The van der Waals surface area contributed by atoms with Gasteiger partial charge in [-0.15, -0.1) is 0 Å². The summed E-state index contributed by atoms with van der Waals surface area (Å²) in [4.78, 5) is 15.4. The zero-order valence-electron chi connectivity index (χ0n) is 21.0. The second-order valence-corrected chi connectivity index (χ2v) is 9.87. The van der Waals surface area contributed by atoms with Gasteiger partial charge in [-0.1, -0.05) is 18.2 Å². The fraction of sp³-hybridized carbons (Fsp3) is 0.414. The summed E-state index contributed by atoms with van der Waals surface area (Å²) in [5, 5.41) is 15.1. The molecule has 2 heterocycles. The third kappa shape index (κ3) is 5.13. The monoisotopic (exact) mass is 490 g/mol. The molecular weight excluding hydrogens is 456 g/mol. The van der Waals surface area contributed by atoms with E-state index in [2.05, 4.69) is 22.4 Å². The summed E-state index contributed by atoms with van der Waals surface area (Å²) in [5.41, 5.74) is 1.10. The summed E-state index contributed by atoms with van der Waals surface area (Å²) in [6.07, 6.45) is 9.58. The number of amides is 1. The summed E-state index contributed by atoms with van der Waals surface area (Å²) in [5.74, 6) is 1.66. The molecule has 1 saturated heterocycles. The lowest BCUT2D eigenvalue weighted by atomic mass is 9.83. The van der Waals surface area contributed by atoms with Crippen LogP contribution in [0.5, 0.6) is 11.5 Å². The predicted molar refractivity (Wildman–Crippen MR) is 140 cm³/mol. The molecule has 1 aliphatic carbocycles. The molecule has 1 aromatic heterocycles. The number of fused-ring (bicyclic) bond motifs is 1. The molecule has 3 aromatic rings. The highest BCUT2D eigenvalue weighted by molar-refractivity contribution is 6.05. The fourth-order valence-electron chi connectivity index (χ4n) is 5.32. The normalized spacial score (nSPS) is 19.8. The lowest BCUT2D eigenvalue weighted by Gasteiger charge is -2.40. The van der Waals surface area contributed by atoms with Crippen molar-refractivity contribution in [2.24, 2.45) is 5.92 Å². The molecule has 7 nitrogen and oxygen atoms in total. The van der Waals surface area contributed by atoms with Gasteiger partial charge in [-0.3, -0.25) is 4.79 Å². The summed E-state index contributed by atoms with van der Waals surface area (Å²) in [7, 11) is 3.11. The number of anilines is 1. The van der Waals surface area contributed by atoms with Crippen LogP contribution in [0.25, 0.3) is 11.0 Å². The van der Waals surface area contributed by atoms with E-state index in [9.17, 15) is 9.90 Å². The Bertz CT molecular complexity index is 1260. The fourth-order valence-corrected chi connectivity index (χ4v) is 5.32. The Balaban J connectivity index is 1.28. The van der Waals surface area contributed by atoms with Crippen LogP contribution in [0.3, 0.4) is 0 Å². The van der Waals surface area contributed by atoms with Gasteiger partial charge in [0.1, 0.15) is 17.1 Å². The Labute approximate surface area is 211 Å². The maximum absolute atomic E-state index is 12.9. The second-order valence-electron chi connectivity index (χ2n) is 9.87. The first kappa shape index (κ1) is 24.4. The number of carbonyl (C=O) groups is 1. The van der Waals surface area contributed by atoms with E-state index in [1.807, 2.05) is 18.2 Å². The number of carbonyl (C=O) groups excluding carboxylic acids is 1. The van der Waals surface area contributed by atoms with Gasteiger partial charge in [0.15, 0.2) is 5.76 Å². The van der Waals surface area contributed by atoms with Gasteiger partial charge in [0.05, 0.1) is 25.5 Å². The standard InChI is InChI=1S/C29H34N2O5/c1-34-23-9-11-26(35-2)24(18-23)30-28(32)27-17-21-16-22(8-10-25(21)36-27)29(33)12-14-31(15-13-29)19-20-6-4-3-5-7-20/h3-4,8-11,16-18,20,33H,5-7,12-15,19H2,1-2H3,(H,30,32). The van der Waals surface area contributed by atoms with Crippen LogP contribution >= 0.6 is 0 Å². The Kier molecular flexibility index (Phi) is 7.03. The molecule has 5 rings (SSSR count). The average molecular weight is 491 g/mol. The number of furan rings is 1. The first-order valence-electron chi connectivity index (χ1n) is 12.6. The van der Waals surface area contributed by atoms with E-state index in [4.69, 9.17) is 13.9 Å². The van der Waals surface area contributed by atoms with E-state index in [1.54, 1.807) is 38.5 Å². The molecule has 1 fully saturated rings. The minimum absolute atomic E-state index is 0.190. The highest BCUT2D eigenvalue weighted by Crippen LogP contribution is 2.36. The number of hydrogen-bond donors (Lipinski definition) is 2. The number of hydrogen-bond acceptors (Lipinski definition) is 6. The smallest absolute Gasteiger partial charge is 0.291 e. The Hall–Kier alpha value is -3.29. The number of rotatable bonds is 7. The zero-order valence-corrected chi connectivity index (χ0v) is 21.0. The molecule has 0 saturated carbocycles. The van der Waals surface area contributed by atoms with Crippen LogP contribution < -0.4 is 14.8 Å². The number of piperidine rings is 1. The van der Waals surface area contributed by atoms with E-state index in [-0.39, 0.29) is 11.7 Å². The minimum atomic E-state index is -0.870. The molecule has 1 unspecified atom stereocenters. The molecule has 2 aliphatic rings. The third-order valence-electron chi connectivity index (χ3n) is 7.51. The van der Waals surface area contributed by atoms with Crippen molar-refractivity contribution in [2.75, 3.05) is 39.2 Å². The van der Waals surface area contributed by atoms with Crippen LogP contribution in [0.2, 0.25) is 0 Å². The van der Waals surface area contributed by atoms with Crippen molar-refractivity contribution in [2.45, 2.75) is 37.7 Å². The van der Waals surface area contributed by atoms with Crippen LogP contribution in [-0.2, 0) is 5.60 Å². The molecule has 190 valence electrons. The number of allylic oxidation sites excluding steroid dienone is 2. The van der Waals surface area contributed by atoms with Crippen molar-refractivity contribution in [1.29, 1.82) is 0 Å². The van der Waals surface area contributed by atoms with Crippen molar-refractivity contribution in [3.8, 4) is 11.5 Å². The van der Waals surface area contributed by atoms with Crippen LogP contribution in [0.4, 0.5) is 5.69 Å².